The van der Waals surface area contributed by atoms with Crippen molar-refractivity contribution in [1.29, 1.82) is 0 Å². The zero-order valence-electron chi connectivity index (χ0n) is 10.3. The number of amidine groups is 1. The smallest absolute Gasteiger partial charge is 0.479 e. The Labute approximate surface area is 106 Å². The summed E-state index contributed by atoms with van der Waals surface area (Å²) in [5, 5.41) is 0.646. The third kappa shape index (κ3) is 3.86. The lowest BCUT2D eigenvalue weighted by Gasteiger charge is -2.13. The average molecular weight is 266 g/mol. The van der Waals surface area contributed by atoms with Crippen molar-refractivity contribution in [2.24, 2.45) is 0 Å². The van der Waals surface area contributed by atoms with E-state index in [1.54, 1.807) is 37.7 Å². The summed E-state index contributed by atoms with van der Waals surface area (Å²) in [5.74, 6) is -0.774. The van der Waals surface area contributed by atoms with Gasteiger partial charge in [-0.25, -0.2) is 14.4 Å². The van der Waals surface area contributed by atoms with Crippen molar-refractivity contribution in [2.75, 3.05) is 28.2 Å². The van der Waals surface area contributed by atoms with Gasteiger partial charge in [-0.3, -0.25) is 9.59 Å². The maximum atomic E-state index is 11.2. The number of hydrogen-bond acceptors (Lipinski definition) is 4. The Balaban J connectivity index is 0.00000256. The normalized spacial score (nSPS) is 14.5. The Morgan fingerprint density at radius 1 is 1.24 bits per heavy atom. The molecule has 1 heterocycles. The molecule has 0 aromatic carbocycles. The summed E-state index contributed by atoms with van der Waals surface area (Å²) in [5.41, 5.74) is 0. The number of rotatable bonds is 2. The minimum absolute atomic E-state index is 0. The van der Waals surface area contributed by atoms with Gasteiger partial charge in [-0.1, -0.05) is 0 Å². The van der Waals surface area contributed by atoms with E-state index in [9.17, 15) is 9.59 Å². The van der Waals surface area contributed by atoms with Crippen molar-refractivity contribution >= 4 is 17.8 Å². The number of imide groups is 1. The molecule has 2 amide bonds. The van der Waals surface area contributed by atoms with Crippen molar-refractivity contribution in [1.82, 2.24) is 9.96 Å². The van der Waals surface area contributed by atoms with Gasteiger partial charge in [-0.15, -0.1) is 5.06 Å². The topological polar surface area (TPSA) is 62.1 Å². The Hall–Kier alpha value is -1.34. The molecule has 98 valence electrons. The quantitative estimate of drug-likeness (QED) is 0.128. The van der Waals surface area contributed by atoms with E-state index in [1.165, 1.54) is 0 Å². The fourth-order valence-corrected chi connectivity index (χ4v) is 1.26. The molecule has 0 aromatic heterocycles. The molecule has 0 saturated carbocycles. The van der Waals surface area contributed by atoms with E-state index in [4.69, 9.17) is 9.88 Å². The molecule has 0 bridgehead atoms. The monoisotopic (exact) mass is 265 g/mol. The molecule has 0 radical (unpaired) electrons. The van der Waals surface area contributed by atoms with E-state index in [2.05, 4.69) is 0 Å². The molecule has 1 rings (SSSR count). The molecular weight excluding hydrogens is 250 g/mol. The van der Waals surface area contributed by atoms with Crippen LogP contribution >= 0.6 is 0 Å². The maximum absolute atomic E-state index is 11.2. The summed E-state index contributed by atoms with van der Waals surface area (Å²) in [6, 6.07) is 0.382. The number of carbonyl (C=O) groups is 2. The molecular formula is C9H16ClN3O4. The number of carbonyl (C=O) groups excluding carboxylic acids is 2. The van der Waals surface area contributed by atoms with Gasteiger partial charge in [0.05, 0.1) is 28.2 Å². The van der Waals surface area contributed by atoms with Crippen molar-refractivity contribution < 1.29 is 36.4 Å². The van der Waals surface area contributed by atoms with Crippen LogP contribution in [0.15, 0.2) is 0 Å². The van der Waals surface area contributed by atoms with Gasteiger partial charge in [0, 0.05) is 12.8 Å². The molecule has 7 nitrogen and oxygen atoms in total. The molecule has 1 fully saturated rings. The van der Waals surface area contributed by atoms with Crippen LogP contribution < -0.4 is 12.4 Å². The summed E-state index contributed by atoms with van der Waals surface area (Å²) in [6.45, 7) is 0. The second-order valence-corrected chi connectivity index (χ2v) is 3.81. The van der Waals surface area contributed by atoms with E-state index in [1.807, 2.05) is 0 Å². The molecule has 17 heavy (non-hydrogen) atoms. The van der Waals surface area contributed by atoms with Gasteiger partial charge in [0.1, 0.15) is 0 Å². The molecule has 0 aliphatic carbocycles. The Bertz CT molecular complexity index is 323. The second kappa shape index (κ2) is 6.41. The average Bonchev–Trinajstić information content (AvgIpc) is 2.47. The molecule has 1 saturated heterocycles. The van der Waals surface area contributed by atoms with E-state index in [-0.39, 0.29) is 37.1 Å². The van der Waals surface area contributed by atoms with Crippen LogP contribution in [0.4, 0.5) is 0 Å². The highest BCUT2D eigenvalue weighted by Gasteiger charge is 2.33. The van der Waals surface area contributed by atoms with Gasteiger partial charge < -0.3 is 12.4 Å². The van der Waals surface area contributed by atoms with Crippen LogP contribution in [-0.2, 0) is 19.5 Å². The summed E-state index contributed by atoms with van der Waals surface area (Å²) in [6.07, 6.45) is 0.336. The molecule has 0 spiro atoms. The van der Waals surface area contributed by atoms with E-state index >= 15 is 0 Å². The molecule has 1 aliphatic rings. The highest BCUT2D eigenvalue weighted by Crippen LogP contribution is 2.12. The van der Waals surface area contributed by atoms with Crippen molar-refractivity contribution in [3.63, 3.8) is 0 Å². The van der Waals surface area contributed by atoms with Crippen molar-refractivity contribution in [2.45, 2.75) is 12.8 Å². The standard InChI is InChI=1S/C9H16N3O4.ClH/c1-10(2)9(11(3)4)15-16-12-7(13)5-6-8(12)14;/h5-6H2,1-4H3;1H/q+1;/p-1. The van der Waals surface area contributed by atoms with Gasteiger partial charge in [0.15, 0.2) is 0 Å². The largest absolute Gasteiger partial charge is 1.00 e. The first-order valence-electron chi connectivity index (χ1n) is 4.85. The van der Waals surface area contributed by atoms with Crippen LogP contribution in [0.2, 0.25) is 0 Å². The molecule has 0 N–H and O–H groups in total. The minimum Gasteiger partial charge on any atom is -1.00 e. The third-order valence-electron chi connectivity index (χ3n) is 1.96. The van der Waals surface area contributed by atoms with Gasteiger partial charge in [0.2, 0.25) is 0 Å². The van der Waals surface area contributed by atoms with Gasteiger partial charge >= 0.3 is 6.02 Å². The molecule has 0 atom stereocenters. The predicted octanol–water partition coefficient (Wildman–Crippen LogP) is -3.81. The first kappa shape index (κ1) is 15.7. The van der Waals surface area contributed by atoms with Crippen molar-refractivity contribution in [3.05, 3.63) is 0 Å². The highest BCUT2D eigenvalue weighted by atomic mass is 35.5. The van der Waals surface area contributed by atoms with Gasteiger partial charge in [-0.2, -0.15) is 0 Å². The fraction of sp³-hybridized carbons (Fsp3) is 0.667. The van der Waals surface area contributed by atoms with E-state index in [0.29, 0.717) is 11.1 Å². The van der Waals surface area contributed by atoms with E-state index < -0.39 is 0 Å². The molecule has 1 aliphatic heterocycles. The Morgan fingerprint density at radius 2 is 1.71 bits per heavy atom. The van der Waals surface area contributed by atoms with Crippen LogP contribution in [0, 0.1) is 0 Å². The van der Waals surface area contributed by atoms with Crippen LogP contribution in [0.3, 0.4) is 0 Å². The van der Waals surface area contributed by atoms with Crippen LogP contribution in [-0.4, -0.2) is 60.6 Å². The van der Waals surface area contributed by atoms with Crippen molar-refractivity contribution in [3.8, 4) is 0 Å². The van der Waals surface area contributed by atoms with E-state index in [0.717, 1.165) is 0 Å². The first-order chi connectivity index (χ1) is 7.43. The van der Waals surface area contributed by atoms with Crippen LogP contribution in [0.1, 0.15) is 12.8 Å². The summed E-state index contributed by atoms with van der Waals surface area (Å²) in [7, 11) is 7.03. The summed E-state index contributed by atoms with van der Waals surface area (Å²) in [4.78, 5) is 33.7. The first-order valence-corrected chi connectivity index (χ1v) is 4.85. The number of amides is 2. The highest BCUT2D eigenvalue weighted by molar-refractivity contribution is 6.00. The zero-order valence-corrected chi connectivity index (χ0v) is 11.0. The summed E-state index contributed by atoms with van der Waals surface area (Å²) >= 11 is 0. The molecule has 8 heteroatoms. The van der Waals surface area contributed by atoms with Crippen LogP contribution in [0.5, 0.6) is 0 Å². The van der Waals surface area contributed by atoms with Gasteiger partial charge in [0.25, 0.3) is 11.8 Å². The number of nitrogens with zero attached hydrogens (tertiary/aromatic N) is 3. The van der Waals surface area contributed by atoms with Gasteiger partial charge in [-0.05, 0) is 4.99 Å². The molecule has 0 aromatic rings. The lowest BCUT2D eigenvalue weighted by molar-refractivity contribution is -0.502. The molecule has 0 unspecified atom stereocenters. The predicted molar refractivity (Wildman–Crippen MR) is 54.1 cm³/mol. The SMILES string of the molecule is CN(C)C(OON1C(=O)CCC1=O)=[N+](C)C.[Cl-]. The number of halogens is 1. The summed E-state index contributed by atoms with van der Waals surface area (Å²) < 4.78 is 1.66. The minimum atomic E-state index is -0.387. The maximum Gasteiger partial charge on any atom is 0.479 e. The lowest BCUT2D eigenvalue weighted by Crippen LogP contribution is -3.00. The second-order valence-electron chi connectivity index (χ2n) is 3.81. The van der Waals surface area contributed by atoms with Crippen LogP contribution in [0.25, 0.3) is 0 Å². The zero-order chi connectivity index (χ0) is 12.3. The third-order valence-corrected chi connectivity index (χ3v) is 1.96. The number of hydrogen-bond donors (Lipinski definition) is 0. The Morgan fingerprint density at radius 3 is 2.06 bits per heavy atom. The fourth-order valence-electron chi connectivity index (χ4n) is 1.26. The Kier molecular flexibility index (Phi) is 5.90. The number of hydroxylamine groups is 2. The lowest BCUT2D eigenvalue weighted by atomic mass is 10.4.